The van der Waals surface area contributed by atoms with E-state index in [1.165, 1.54) is 29.1 Å². The molecule has 0 aliphatic heterocycles. The first-order valence-electron chi connectivity index (χ1n) is 5.98. The molecule has 0 aromatic heterocycles. The number of carboxylic acid groups (broad SMARTS) is 1. The van der Waals surface area contributed by atoms with Crippen molar-refractivity contribution in [3.8, 4) is 6.07 Å². The fourth-order valence-electron chi connectivity index (χ4n) is 1.41. The zero-order valence-corrected chi connectivity index (χ0v) is 13.5. The summed E-state index contributed by atoms with van der Waals surface area (Å²) in [5, 5.41) is 17.9. The van der Waals surface area contributed by atoms with Crippen molar-refractivity contribution in [2.45, 2.75) is 30.3 Å². The Labute approximate surface area is 132 Å². The van der Waals surface area contributed by atoms with E-state index in [0.29, 0.717) is 3.53 Å². The number of aliphatic carboxylic acids is 1. The van der Waals surface area contributed by atoms with E-state index in [1.807, 2.05) is 30.3 Å². The SMILES string of the molecule is CC(C#N)(CCC(=O)O)SC(=S)SCc1ccccc1. The highest BCUT2D eigenvalue weighted by Gasteiger charge is 2.27. The summed E-state index contributed by atoms with van der Waals surface area (Å²) in [5.74, 6) is -0.137. The van der Waals surface area contributed by atoms with Crippen molar-refractivity contribution in [2.75, 3.05) is 0 Å². The second kappa shape index (κ2) is 8.30. The number of benzene rings is 1. The van der Waals surface area contributed by atoms with Crippen molar-refractivity contribution in [1.29, 1.82) is 5.26 Å². The monoisotopic (exact) mass is 325 g/mol. The number of nitriles is 1. The molecule has 0 amide bonds. The second-order valence-corrected chi connectivity index (χ2v) is 8.05. The molecule has 1 N–H and O–H groups in total. The van der Waals surface area contributed by atoms with E-state index in [9.17, 15) is 10.1 Å². The Balaban J connectivity index is 2.47. The predicted molar refractivity (Wildman–Crippen MR) is 88.8 cm³/mol. The van der Waals surface area contributed by atoms with Gasteiger partial charge in [0.15, 0.2) is 0 Å². The van der Waals surface area contributed by atoms with Gasteiger partial charge in [0.1, 0.15) is 8.28 Å². The molecule has 0 heterocycles. The van der Waals surface area contributed by atoms with E-state index in [1.54, 1.807) is 6.92 Å². The minimum absolute atomic E-state index is 0.0248. The molecular weight excluding hydrogens is 310 g/mol. The first-order chi connectivity index (χ1) is 9.45. The first kappa shape index (κ1) is 17.0. The average Bonchev–Trinajstić information content (AvgIpc) is 2.44. The Kier molecular flexibility index (Phi) is 7.06. The molecule has 20 heavy (non-hydrogen) atoms. The molecule has 1 unspecified atom stereocenters. The predicted octanol–water partition coefficient (Wildman–Crippen LogP) is 4.08. The highest BCUT2D eigenvalue weighted by molar-refractivity contribution is 8.47. The lowest BCUT2D eigenvalue weighted by Crippen LogP contribution is -2.20. The summed E-state index contributed by atoms with van der Waals surface area (Å²) in [6.45, 7) is 1.73. The Hall–Kier alpha value is -1.03. The van der Waals surface area contributed by atoms with Gasteiger partial charge < -0.3 is 5.11 Å². The Bertz CT molecular complexity index is 513. The molecule has 3 nitrogen and oxygen atoms in total. The van der Waals surface area contributed by atoms with Gasteiger partial charge in [-0.2, -0.15) is 5.26 Å². The summed E-state index contributed by atoms with van der Waals surface area (Å²) in [4.78, 5) is 10.6. The molecule has 106 valence electrons. The number of rotatable bonds is 6. The van der Waals surface area contributed by atoms with Crippen molar-refractivity contribution >= 4 is 45.2 Å². The summed E-state index contributed by atoms with van der Waals surface area (Å²) in [7, 11) is 0. The van der Waals surface area contributed by atoms with Gasteiger partial charge in [0.25, 0.3) is 0 Å². The number of nitrogens with zero attached hydrogens (tertiary/aromatic N) is 1. The zero-order valence-electron chi connectivity index (χ0n) is 11.0. The third-order valence-electron chi connectivity index (χ3n) is 2.56. The molecule has 0 aliphatic rings. The summed E-state index contributed by atoms with van der Waals surface area (Å²) in [6.07, 6.45) is 0.262. The number of hydrogen-bond donors (Lipinski definition) is 1. The van der Waals surface area contributed by atoms with Gasteiger partial charge in [-0.05, 0) is 18.9 Å². The number of thioether (sulfide) groups is 2. The molecule has 0 saturated heterocycles. The summed E-state index contributed by atoms with van der Waals surface area (Å²) in [5.41, 5.74) is 1.17. The van der Waals surface area contributed by atoms with Crippen LogP contribution in [0.5, 0.6) is 0 Å². The van der Waals surface area contributed by atoms with E-state index in [0.717, 1.165) is 5.75 Å². The maximum Gasteiger partial charge on any atom is 0.303 e. The average molecular weight is 325 g/mol. The normalized spacial score (nSPS) is 13.2. The molecule has 0 bridgehead atoms. The van der Waals surface area contributed by atoms with Crippen LogP contribution in [0.3, 0.4) is 0 Å². The molecule has 1 aromatic carbocycles. The molecule has 1 atom stereocenters. The smallest absolute Gasteiger partial charge is 0.303 e. The third-order valence-corrected chi connectivity index (χ3v) is 5.39. The minimum Gasteiger partial charge on any atom is -0.481 e. The van der Waals surface area contributed by atoms with E-state index < -0.39 is 10.7 Å². The standard InChI is InChI=1S/C14H15NO2S3/c1-14(10-15,8-7-12(16)17)20-13(18)19-9-11-5-3-2-4-6-11/h2-6H,7-9H2,1H3,(H,16,17). The van der Waals surface area contributed by atoms with E-state index in [2.05, 4.69) is 6.07 Å². The molecule has 1 aromatic rings. The van der Waals surface area contributed by atoms with E-state index >= 15 is 0 Å². The molecule has 6 heteroatoms. The van der Waals surface area contributed by atoms with Crippen LogP contribution in [-0.2, 0) is 10.5 Å². The van der Waals surface area contributed by atoms with Gasteiger partial charge in [0.05, 0.1) is 6.07 Å². The van der Waals surface area contributed by atoms with Crippen LogP contribution in [-0.4, -0.2) is 19.4 Å². The van der Waals surface area contributed by atoms with Crippen LogP contribution in [0.1, 0.15) is 25.3 Å². The van der Waals surface area contributed by atoms with Crippen LogP contribution in [0, 0.1) is 11.3 Å². The van der Waals surface area contributed by atoms with Crippen LogP contribution in [0.4, 0.5) is 0 Å². The summed E-state index contributed by atoms with van der Waals surface area (Å²) < 4.78 is -0.109. The van der Waals surface area contributed by atoms with E-state index in [4.69, 9.17) is 17.3 Å². The van der Waals surface area contributed by atoms with Gasteiger partial charge in [-0.15, -0.1) is 11.8 Å². The Morgan fingerprint density at radius 3 is 2.65 bits per heavy atom. The Morgan fingerprint density at radius 1 is 1.45 bits per heavy atom. The van der Waals surface area contributed by atoms with Gasteiger partial charge >= 0.3 is 5.97 Å². The van der Waals surface area contributed by atoms with Gasteiger partial charge in [0.2, 0.25) is 0 Å². The number of thiocarbonyl (C=S) groups is 1. The topological polar surface area (TPSA) is 61.1 Å². The van der Waals surface area contributed by atoms with Crippen molar-refractivity contribution in [2.24, 2.45) is 0 Å². The van der Waals surface area contributed by atoms with Gasteiger partial charge in [-0.25, -0.2) is 0 Å². The highest BCUT2D eigenvalue weighted by Crippen LogP contribution is 2.35. The van der Waals surface area contributed by atoms with Crippen molar-refractivity contribution in [3.63, 3.8) is 0 Å². The second-order valence-electron chi connectivity index (χ2n) is 4.36. The van der Waals surface area contributed by atoms with Crippen LogP contribution < -0.4 is 0 Å². The maximum absolute atomic E-state index is 10.6. The van der Waals surface area contributed by atoms with Crippen molar-refractivity contribution < 1.29 is 9.90 Å². The lowest BCUT2D eigenvalue weighted by Gasteiger charge is -2.19. The molecular formula is C14H15NO2S3. The van der Waals surface area contributed by atoms with Gasteiger partial charge in [-0.1, -0.05) is 54.3 Å². The van der Waals surface area contributed by atoms with Gasteiger partial charge in [0, 0.05) is 12.2 Å². The maximum atomic E-state index is 10.6. The number of carbonyl (C=O) groups is 1. The third kappa shape index (κ3) is 6.42. The van der Waals surface area contributed by atoms with Crippen molar-refractivity contribution in [1.82, 2.24) is 0 Å². The molecule has 0 fully saturated rings. The summed E-state index contributed by atoms with van der Waals surface area (Å²) in [6, 6.07) is 12.1. The van der Waals surface area contributed by atoms with Gasteiger partial charge in [-0.3, -0.25) is 4.79 Å². The van der Waals surface area contributed by atoms with Crippen LogP contribution in [0.2, 0.25) is 0 Å². The molecule has 1 rings (SSSR count). The molecule has 0 radical (unpaired) electrons. The minimum atomic E-state index is -0.894. The number of carboxylic acids is 1. The van der Waals surface area contributed by atoms with Crippen LogP contribution >= 0.6 is 35.7 Å². The van der Waals surface area contributed by atoms with Crippen LogP contribution in [0.25, 0.3) is 0 Å². The lowest BCUT2D eigenvalue weighted by molar-refractivity contribution is -0.137. The molecule has 0 aliphatic carbocycles. The van der Waals surface area contributed by atoms with Crippen molar-refractivity contribution in [3.05, 3.63) is 35.9 Å². The molecule has 0 spiro atoms. The summed E-state index contributed by atoms with van der Waals surface area (Å²) >= 11 is 8.05. The van der Waals surface area contributed by atoms with E-state index in [-0.39, 0.29) is 12.8 Å². The quantitative estimate of drug-likeness (QED) is 0.795. The molecule has 0 saturated carbocycles. The fraction of sp³-hybridized carbons (Fsp3) is 0.357. The lowest BCUT2D eigenvalue weighted by atomic mass is 10.1. The first-order valence-corrected chi connectivity index (χ1v) is 8.19. The largest absolute Gasteiger partial charge is 0.481 e. The highest BCUT2D eigenvalue weighted by atomic mass is 32.2. The van der Waals surface area contributed by atoms with Crippen LogP contribution in [0.15, 0.2) is 30.3 Å². The zero-order chi connectivity index (χ0) is 15.0. The Morgan fingerprint density at radius 2 is 2.10 bits per heavy atom. The fourth-order valence-corrected chi connectivity index (χ4v) is 4.19. The number of hydrogen-bond acceptors (Lipinski definition) is 5.